The van der Waals surface area contributed by atoms with Gasteiger partial charge in [-0.1, -0.05) is 0 Å². The second kappa shape index (κ2) is 5.17. The van der Waals surface area contributed by atoms with Crippen molar-refractivity contribution >= 4 is 5.97 Å². The summed E-state index contributed by atoms with van der Waals surface area (Å²) in [7, 11) is 0. The largest absolute Gasteiger partial charge is 0.466 e. The summed E-state index contributed by atoms with van der Waals surface area (Å²) in [6.45, 7) is 4.54. The van der Waals surface area contributed by atoms with E-state index in [1.165, 1.54) is 0 Å². The molecule has 0 aromatic heterocycles. The predicted octanol–water partition coefficient (Wildman–Crippen LogP) is 1.34. The molecule has 1 heterocycles. The first kappa shape index (κ1) is 12.4. The lowest BCUT2D eigenvalue weighted by Gasteiger charge is -2.27. The minimum Gasteiger partial charge on any atom is -0.466 e. The number of nitrogens with one attached hydrogen (secondary N) is 1. The third kappa shape index (κ3) is 2.41. The van der Waals surface area contributed by atoms with E-state index in [0.29, 0.717) is 30.7 Å². The Morgan fingerprint density at radius 3 is 2.44 bits per heavy atom. The molecule has 2 unspecified atom stereocenters. The van der Waals surface area contributed by atoms with Crippen LogP contribution >= 0.6 is 0 Å². The van der Waals surface area contributed by atoms with E-state index in [-0.39, 0.29) is 11.9 Å². The molecule has 18 heavy (non-hydrogen) atoms. The first-order valence-corrected chi connectivity index (χ1v) is 7.32. The van der Waals surface area contributed by atoms with Gasteiger partial charge in [0.15, 0.2) is 0 Å². The van der Waals surface area contributed by atoms with E-state index in [9.17, 15) is 4.79 Å². The highest BCUT2D eigenvalue weighted by atomic mass is 16.5. The normalized spacial score (nSPS) is 39.4. The van der Waals surface area contributed by atoms with E-state index in [1.54, 1.807) is 0 Å². The molecule has 4 heteroatoms. The van der Waals surface area contributed by atoms with Crippen LogP contribution in [-0.2, 0) is 14.3 Å². The quantitative estimate of drug-likeness (QED) is 0.768. The molecule has 1 saturated heterocycles. The summed E-state index contributed by atoms with van der Waals surface area (Å²) in [4.78, 5) is 11.6. The minimum atomic E-state index is 0.0211. The molecule has 1 N–H and O–H groups in total. The van der Waals surface area contributed by atoms with Crippen LogP contribution in [0.5, 0.6) is 0 Å². The maximum atomic E-state index is 11.6. The number of hydrogen-bond donors (Lipinski definition) is 1. The lowest BCUT2D eigenvalue weighted by molar-refractivity contribution is -0.146. The number of fused-ring (bicyclic) bond motifs is 1. The summed E-state index contributed by atoms with van der Waals surface area (Å²) in [5.41, 5.74) is 0. The maximum Gasteiger partial charge on any atom is 0.309 e. The maximum absolute atomic E-state index is 11.6. The van der Waals surface area contributed by atoms with E-state index < -0.39 is 0 Å². The lowest BCUT2D eigenvalue weighted by atomic mass is 10.1. The molecule has 4 nitrogen and oxygen atoms in total. The number of rotatable bonds is 4. The van der Waals surface area contributed by atoms with Crippen LogP contribution in [0.4, 0.5) is 0 Å². The zero-order valence-corrected chi connectivity index (χ0v) is 11.1. The van der Waals surface area contributed by atoms with Crippen LogP contribution in [0.3, 0.4) is 0 Å². The van der Waals surface area contributed by atoms with Crippen molar-refractivity contribution in [2.45, 2.75) is 44.8 Å². The Morgan fingerprint density at radius 2 is 1.83 bits per heavy atom. The molecule has 102 valence electrons. The second-order valence-corrected chi connectivity index (χ2v) is 5.78. The molecule has 1 aliphatic heterocycles. The molecular weight excluding hydrogens is 230 g/mol. The van der Waals surface area contributed by atoms with Crippen molar-refractivity contribution < 1.29 is 14.3 Å². The fourth-order valence-corrected chi connectivity index (χ4v) is 3.69. The average molecular weight is 253 g/mol. The smallest absolute Gasteiger partial charge is 0.309 e. The molecule has 3 aliphatic rings. The number of esters is 1. The lowest BCUT2D eigenvalue weighted by Crippen LogP contribution is -2.34. The van der Waals surface area contributed by atoms with Gasteiger partial charge in [0.2, 0.25) is 0 Å². The van der Waals surface area contributed by atoms with E-state index in [2.05, 4.69) is 5.32 Å². The highest BCUT2D eigenvalue weighted by molar-refractivity contribution is 5.76. The molecule has 2 atom stereocenters. The predicted molar refractivity (Wildman–Crippen MR) is 67.1 cm³/mol. The minimum absolute atomic E-state index is 0.0211. The van der Waals surface area contributed by atoms with Crippen molar-refractivity contribution in [3.8, 4) is 0 Å². The SMILES string of the molecule is CCOC(=O)C1C2CC(OC3CCNCC3)CC21. The first-order valence-electron chi connectivity index (χ1n) is 7.32. The summed E-state index contributed by atoms with van der Waals surface area (Å²) in [6, 6.07) is 0. The van der Waals surface area contributed by atoms with Crippen LogP contribution in [0.25, 0.3) is 0 Å². The molecule has 2 saturated carbocycles. The Labute approximate surface area is 108 Å². The molecular formula is C14H23NO3. The van der Waals surface area contributed by atoms with Gasteiger partial charge in [-0.05, 0) is 57.5 Å². The topological polar surface area (TPSA) is 47.6 Å². The van der Waals surface area contributed by atoms with Gasteiger partial charge in [0, 0.05) is 0 Å². The summed E-state index contributed by atoms with van der Waals surface area (Å²) in [6.07, 6.45) is 5.24. The number of piperidine rings is 1. The fourth-order valence-electron chi connectivity index (χ4n) is 3.69. The van der Waals surface area contributed by atoms with Crippen LogP contribution in [0.1, 0.15) is 32.6 Å². The van der Waals surface area contributed by atoms with Crippen LogP contribution in [-0.4, -0.2) is 37.9 Å². The molecule has 3 fully saturated rings. The first-order chi connectivity index (χ1) is 8.79. The summed E-state index contributed by atoms with van der Waals surface area (Å²) >= 11 is 0. The number of ether oxygens (including phenoxy) is 2. The molecule has 2 aliphatic carbocycles. The van der Waals surface area contributed by atoms with E-state index in [0.717, 1.165) is 38.8 Å². The number of carbonyl (C=O) groups excluding carboxylic acids is 1. The fraction of sp³-hybridized carbons (Fsp3) is 0.929. The molecule has 0 aromatic rings. The Balaban J connectivity index is 1.42. The van der Waals surface area contributed by atoms with Crippen molar-refractivity contribution in [1.29, 1.82) is 0 Å². The summed E-state index contributed by atoms with van der Waals surface area (Å²) in [5.74, 6) is 1.32. The molecule has 3 rings (SSSR count). The Kier molecular flexibility index (Phi) is 3.57. The van der Waals surface area contributed by atoms with Gasteiger partial charge in [0.25, 0.3) is 0 Å². The van der Waals surface area contributed by atoms with Crippen molar-refractivity contribution in [2.75, 3.05) is 19.7 Å². The summed E-state index contributed by atoms with van der Waals surface area (Å²) < 4.78 is 11.2. The van der Waals surface area contributed by atoms with Crippen molar-refractivity contribution in [1.82, 2.24) is 5.32 Å². The highest BCUT2D eigenvalue weighted by Crippen LogP contribution is 2.58. The van der Waals surface area contributed by atoms with Gasteiger partial charge < -0.3 is 14.8 Å². The van der Waals surface area contributed by atoms with Crippen LogP contribution in [0.15, 0.2) is 0 Å². The van der Waals surface area contributed by atoms with Gasteiger partial charge in [-0.3, -0.25) is 4.79 Å². The molecule has 0 radical (unpaired) electrons. The molecule has 0 amide bonds. The van der Waals surface area contributed by atoms with Gasteiger partial charge in [-0.25, -0.2) is 0 Å². The van der Waals surface area contributed by atoms with Crippen molar-refractivity contribution in [3.05, 3.63) is 0 Å². The summed E-state index contributed by atoms with van der Waals surface area (Å²) in [5, 5.41) is 3.35. The second-order valence-electron chi connectivity index (χ2n) is 5.78. The van der Waals surface area contributed by atoms with Crippen molar-refractivity contribution in [3.63, 3.8) is 0 Å². The third-order valence-corrected chi connectivity index (χ3v) is 4.63. The Morgan fingerprint density at radius 1 is 1.17 bits per heavy atom. The molecule has 0 spiro atoms. The van der Waals surface area contributed by atoms with Gasteiger partial charge >= 0.3 is 5.97 Å². The standard InChI is InChI=1S/C14H23NO3/c1-2-17-14(16)13-11-7-10(8-12(11)13)18-9-3-5-15-6-4-9/h9-13,15H,2-8H2,1H3. The van der Waals surface area contributed by atoms with E-state index >= 15 is 0 Å². The third-order valence-electron chi connectivity index (χ3n) is 4.63. The van der Waals surface area contributed by atoms with Gasteiger partial charge in [-0.2, -0.15) is 0 Å². The van der Waals surface area contributed by atoms with E-state index in [1.807, 2.05) is 6.92 Å². The monoisotopic (exact) mass is 253 g/mol. The van der Waals surface area contributed by atoms with E-state index in [4.69, 9.17) is 9.47 Å². The molecule has 0 bridgehead atoms. The van der Waals surface area contributed by atoms with Gasteiger partial charge in [0.1, 0.15) is 0 Å². The van der Waals surface area contributed by atoms with Gasteiger partial charge in [-0.15, -0.1) is 0 Å². The average Bonchev–Trinajstić information content (AvgIpc) is 2.88. The number of carbonyl (C=O) groups is 1. The van der Waals surface area contributed by atoms with Crippen LogP contribution < -0.4 is 5.32 Å². The zero-order chi connectivity index (χ0) is 12.5. The van der Waals surface area contributed by atoms with Crippen LogP contribution in [0.2, 0.25) is 0 Å². The molecule has 0 aromatic carbocycles. The Hall–Kier alpha value is -0.610. The number of hydrogen-bond acceptors (Lipinski definition) is 4. The Bertz CT molecular complexity index is 302. The highest BCUT2D eigenvalue weighted by Gasteiger charge is 2.60. The van der Waals surface area contributed by atoms with Crippen LogP contribution in [0, 0.1) is 17.8 Å². The zero-order valence-electron chi connectivity index (χ0n) is 11.1. The van der Waals surface area contributed by atoms with Crippen molar-refractivity contribution in [2.24, 2.45) is 17.8 Å². The van der Waals surface area contributed by atoms with Gasteiger partial charge in [0.05, 0.1) is 24.7 Å².